The summed E-state index contributed by atoms with van der Waals surface area (Å²) < 4.78 is 68.3. The Morgan fingerprint density at radius 1 is 0.311 bits per heavy atom. The highest BCUT2D eigenvalue weighted by Gasteiger charge is 2.30. The highest BCUT2D eigenvalue weighted by atomic mass is 31.2. The molecule has 0 aromatic carbocycles. The summed E-state index contributed by atoms with van der Waals surface area (Å²) in [5.74, 6) is -1.32. The predicted octanol–water partition coefficient (Wildman–Crippen LogP) is 20.5. The van der Waals surface area contributed by atoms with E-state index in [0.717, 1.165) is 95.8 Å². The van der Waals surface area contributed by atoms with Crippen LogP contribution in [0.15, 0.2) is 0 Å². The van der Waals surface area contributed by atoms with Crippen LogP contribution >= 0.6 is 15.6 Å². The molecule has 90 heavy (non-hydrogen) atoms. The second-order valence-corrected chi connectivity index (χ2v) is 28.8. The number of carbonyl (C=O) groups excluding carboxylic acids is 4. The van der Waals surface area contributed by atoms with Gasteiger partial charge in [0.1, 0.15) is 19.3 Å². The van der Waals surface area contributed by atoms with Crippen molar-refractivity contribution in [2.75, 3.05) is 39.6 Å². The van der Waals surface area contributed by atoms with E-state index in [0.29, 0.717) is 25.7 Å². The second kappa shape index (κ2) is 64.4. The number of phosphoric acid groups is 2. The standard InChI is InChI=1S/C71H138O17P2/c1-6-10-13-16-19-22-24-26-28-29-35-40-45-50-55-69(74)82-61-67(88-71(76)57-52-47-42-37-32-31-34-38-43-48-53-64(5)9-4)63-86-90(79,80)84-59-65(72)58-83-89(77,78)85-62-66(60-81-68(73)54-49-44-39-33-21-18-15-12-8-3)87-70(75)56-51-46-41-36-30-27-25-23-20-17-14-11-7-2/h64-67,72H,6-63H2,1-5H3,(H,77,78)(H,79,80)/t64?,65-,66+,67+/m0/s1. The number of aliphatic hydroxyl groups excluding tert-OH is 1. The average Bonchev–Trinajstić information content (AvgIpc) is 3.28. The summed E-state index contributed by atoms with van der Waals surface area (Å²) in [7, 11) is -9.90. The molecule has 0 spiro atoms. The molecule has 3 N–H and O–H groups in total. The Morgan fingerprint density at radius 2 is 0.533 bits per heavy atom. The molecule has 0 saturated carbocycles. The number of phosphoric ester groups is 2. The van der Waals surface area contributed by atoms with E-state index in [1.54, 1.807) is 0 Å². The number of hydrogen-bond donors (Lipinski definition) is 3. The first-order valence-electron chi connectivity index (χ1n) is 37.2. The van der Waals surface area contributed by atoms with Crippen molar-refractivity contribution in [1.82, 2.24) is 0 Å². The topological polar surface area (TPSA) is 237 Å². The van der Waals surface area contributed by atoms with Gasteiger partial charge in [-0.05, 0) is 31.6 Å². The lowest BCUT2D eigenvalue weighted by atomic mass is 9.99. The molecule has 19 heteroatoms. The lowest BCUT2D eigenvalue weighted by molar-refractivity contribution is -0.161. The smallest absolute Gasteiger partial charge is 0.462 e. The van der Waals surface area contributed by atoms with Crippen LogP contribution in [0.25, 0.3) is 0 Å². The molecule has 0 saturated heterocycles. The van der Waals surface area contributed by atoms with E-state index in [4.69, 9.17) is 37.0 Å². The third kappa shape index (κ3) is 63.5. The largest absolute Gasteiger partial charge is 0.472 e. The molecular weight excluding hydrogens is 1190 g/mol. The van der Waals surface area contributed by atoms with Crippen molar-refractivity contribution in [3.8, 4) is 0 Å². The van der Waals surface area contributed by atoms with Gasteiger partial charge in [-0.2, -0.15) is 0 Å². The van der Waals surface area contributed by atoms with Crippen molar-refractivity contribution in [2.45, 2.75) is 387 Å². The van der Waals surface area contributed by atoms with Gasteiger partial charge in [-0.3, -0.25) is 37.3 Å². The van der Waals surface area contributed by atoms with Crippen molar-refractivity contribution in [2.24, 2.45) is 5.92 Å². The van der Waals surface area contributed by atoms with Gasteiger partial charge in [0.05, 0.1) is 26.4 Å². The summed E-state index contributed by atoms with van der Waals surface area (Å²) >= 11 is 0. The maximum absolute atomic E-state index is 13.0. The van der Waals surface area contributed by atoms with Crippen LogP contribution in [0.4, 0.5) is 0 Å². The summed E-state index contributed by atoms with van der Waals surface area (Å²) in [4.78, 5) is 72.6. The average molecular weight is 1330 g/mol. The molecule has 534 valence electrons. The second-order valence-electron chi connectivity index (χ2n) is 25.9. The summed E-state index contributed by atoms with van der Waals surface area (Å²) in [5, 5.41) is 10.6. The molecule has 0 aromatic rings. The van der Waals surface area contributed by atoms with Crippen LogP contribution in [0.2, 0.25) is 0 Å². The minimum atomic E-state index is -4.95. The van der Waals surface area contributed by atoms with E-state index in [1.807, 2.05) is 0 Å². The monoisotopic (exact) mass is 1320 g/mol. The van der Waals surface area contributed by atoms with Gasteiger partial charge in [0.25, 0.3) is 0 Å². The number of aliphatic hydroxyl groups is 1. The zero-order valence-electron chi connectivity index (χ0n) is 58.3. The van der Waals surface area contributed by atoms with Gasteiger partial charge in [0.2, 0.25) is 0 Å². The van der Waals surface area contributed by atoms with Gasteiger partial charge in [-0.25, -0.2) is 9.13 Å². The molecule has 0 aliphatic carbocycles. The van der Waals surface area contributed by atoms with Crippen LogP contribution in [-0.4, -0.2) is 96.7 Å². The Balaban J connectivity index is 5.24. The normalized spacial score (nSPS) is 14.4. The first-order chi connectivity index (χ1) is 43.6. The molecule has 3 unspecified atom stereocenters. The summed E-state index contributed by atoms with van der Waals surface area (Å²) in [5.41, 5.74) is 0. The molecule has 0 aromatic heterocycles. The van der Waals surface area contributed by atoms with Crippen LogP contribution < -0.4 is 0 Å². The van der Waals surface area contributed by atoms with E-state index in [1.165, 1.54) is 193 Å². The SMILES string of the molecule is CCCCCCCCCCCCCCCCC(=O)OC[C@H](COP(=O)(O)OC[C@@H](O)COP(=O)(O)OC[C@@H](COC(=O)CCCCCCCCCCC)OC(=O)CCCCCCCCCCCCCCC)OC(=O)CCCCCCCCCCCCC(C)CC. The summed E-state index contributed by atoms with van der Waals surface area (Å²) in [6, 6.07) is 0. The zero-order chi connectivity index (χ0) is 66.3. The number of carbonyl (C=O) groups is 4. The molecule has 0 heterocycles. The Bertz CT molecular complexity index is 1740. The molecule has 6 atom stereocenters. The fraction of sp³-hybridized carbons (Fsp3) is 0.944. The maximum atomic E-state index is 13.0. The first kappa shape index (κ1) is 88.1. The van der Waals surface area contributed by atoms with Gasteiger partial charge < -0.3 is 33.8 Å². The lowest BCUT2D eigenvalue weighted by Crippen LogP contribution is -2.30. The molecule has 0 aliphatic rings. The zero-order valence-corrected chi connectivity index (χ0v) is 60.1. The molecule has 0 amide bonds. The highest BCUT2D eigenvalue weighted by Crippen LogP contribution is 2.45. The molecule has 0 rings (SSSR count). The van der Waals surface area contributed by atoms with E-state index < -0.39 is 97.5 Å². The predicted molar refractivity (Wildman–Crippen MR) is 363 cm³/mol. The quantitative estimate of drug-likeness (QED) is 0.0222. The Hall–Kier alpha value is -1.94. The number of esters is 4. The Kier molecular flexibility index (Phi) is 63.0. The van der Waals surface area contributed by atoms with E-state index in [2.05, 4.69) is 34.6 Å². The van der Waals surface area contributed by atoms with Crippen molar-refractivity contribution in [3.05, 3.63) is 0 Å². The van der Waals surface area contributed by atoms with E-state index >= 15 is 0 Å². The van der Waals surface area contributed by atoms with Crippen LogP contribution in [-0.2, 0) is 65.4 Å². The first-order valence-corrected chi connectivity index (χ1v) is 40.2. The van der Waals surface area contributed by atoms with Gasteiger partial charge in [-0.15, -0.1) is 0 Å². The molecule has 0 bridgehead atoms. The highest BCUT2D eigenvalue weighted by molar-refractivity contribution is 7.47. The maximum Gasteiger partial charge on any atom is 0.472 e. The van der Waals surface area contributed by atoms with Crippen molar-refractivity contribution < 1.29 is 80.2 Å². The van der Waals surface area contributed by atoms with Crippen LogP contribution in [0.3, 0.4) is 0 Å². The Labute approximate surface area is 549 Å². The summed E-state index contributed by atoms with van der Waals surface area (Å²) in [6.45, 7) is 7.27. The van der Waals surface area contributed by atoms with Crippen LogP contribution in [0, 0.1) is 5.92 Å². The molecular formula is C71H138O17P2. The fourth-order valence-electron chi connectivity index (χ4n) is 10.8. The fourth-order valence-corrected chi connectivity index (χ4v) is 12.4. The van der Waals surface area contributed by atoms with Gasteiger partial charge in [-0.1, -0.05) is 317 Å². The van der Waals surface area contributed by atoms with Crippen molar-refractivity contribution in [1.29, 1.82) is 0 Å². The van der Waals surface area contributed by atoms with Gasteiger partial charge in [0.15, 0.2) is 12.2 Å². The van der Waals surface area contributed by atoms with E-state index in [-0.39, 0.29) is 25.7 Å². The Morgan fingerprint density at radius 3 is 0.789 bits per heavy atom. The lowest BCUT2D eigenvalue weighted by Gasteiger charge is -2.21. The number of hydrogen-bond acceptors (Lipinski definition) is 15. The molecule has 17 nitrogen and oxygen atoms in total. The van der Waals surface area contributed by atoms with Crippen LogP contribution in [0.1, 0.15) is 369 Å². The van der Waals surface area contributed by atoms with Crippen molar-refractivity contribution in [3.63, 3.8) is 0 Å². The summed E-state index contributed by atoms with van der Waals surface area (Å²) in [6.07, 6.45) is 51.1. The minimum Gasteiger partial charge on any atom is -0.462 e. The number of unbranched alkanes of at least 4 members (excludes halogenated alkanes) is 42. The third-order valence-electron chi connectivity index (χ3n) is 16.9. The minimum absolute atomic E-state index is 0.107. The van der Waals surface area contributed by atoms with E-state index in [9.17, 15) is 43.2 Å². The number of rotatable bonds is 71. The van der Waals surface area contributed by atoms with Gasteiger partial charge >= 0.3 is 39.5 Å². The van der Waals surface area contributed by atoms with Crippen molar-refractivity contribution >= 4 is 39.5 Å². The molecule has 0 fully saturated rings. The van der Waals surface area contributed by atoms with Gasteiger partial charge in [0, 0.05) is 25.7 Å². The molecule has 0 aliphatic heterocycles. The molecule has 0 radical (unpaired) electrons. The third-order valence-corrected chi connectivity index (χ3v) is 18.8. The van der Waals surface area contributed by atoms with Crippen LogP contribution in [0.5, 0.6) is 0 Å². The number of ether oxygens (including phenoxy) is 4.